The van der Waals surface area contributed by atoms with E-state index in [0.29, 0.717) is 5.56 Å². The molecular weight excluding hydrogens is 309 g/mol. The van der Waals surface area contributed by atoms with Gasteiger partial charge in [-0.3, -0.25) is 4.79 Å². The van der Waals surface area contributed by atoms with Gasteiger partial charge in [-0.25, -0.2) is 0 Å². The Morgan fingerprint density at radius 3 is 2.57 bits per heavy atom. The summed E-state index contributed by atoms with van der Waals surface area (Å²) in [5, 5.41) is 0. The normalized spacial score (nSPS) is 16.8. The second-order valence-electron chi connectivity index (χ2n) is 2.60. The fourth-order valence-electron chi connectivity index (χ4n) is 1.07. The highest BCUT2D eigenvalue weighted by Crippen LogP contribution is 2.41. The Morgan fingerprint density at radius 2 is 1.93 bits per heavy atom. The minimum Gasteiger partial charge on any atom is -0.395 e. The largest absolute Gasteiger partial charge is 0.586 e. The van der Waals surface area contributed by atoms with Crippen LogP contribution in [-0.4, -0.2) is 10.1 Å². The van der Waals surface area contributed by atoms with Crippen molar-refractivity contribution < 1.29 is 23.0 Å². The molecule has 1 aromatic carbocycles. The molecule has 0 saturated carbocycles. The Hall–Kier alpha value is -0.920. The summed E-state index contributed by atoms with van der Waals surface area (Å²) in [6, 6.07) is 3.91. The number of alkyl halides is 2. The highest BCUT2D eigenvalue weighted by atomic mass is 127. The maximum absolute atomic E-state index is 12.5. The molecule has 0 aliphatic carbocycles. The molecule has 1 aliphatic heterocycles. The molecule has 0 aromatic heterocycles. The van der Waals surface area contributed by atoms with Crippen LogP contribution in [0.1, 0.15) is 10.4 Å². The van der Waals surface area contributed by atoms with E-state index >= 15 is 0 Å². The molecule has 3 nitrogen and oxygen atoms in total. The van der Waals surface area contributed by atoms with E-state index in [-0.39, 0.29) is 15.3 Å². The average molecular weight is 312 g/mol. The predicted octanol–water partition coefficient (Wildman–Crippen LogP) is 2.58. The topological polar surface area (TPSA) is 35.5 Å². The van der Waals surface area contributed by atoms with Crippen LogP contribution in [0.5, 0.6) is 11.5 Å². The summed E-state index contributed by atoms with van der Waals surface area (Å²) in [6.45, 7) is 0. The maximum Gasteiger partial charge on any atom is 0.586 e. The first-order chi connectivity index (χ1) is 6.48. The summed E-state index contributed by atoms with van der Waals surface area (Å²) >= 11 is 1.56. The number of halogens is 3. The number of hydrogen-bond donors (Lipinski definition) is 0. The minimum atomic E-state index is -3.63. The number of hydrogen-bond acceptors (Lipinski definition) is 3. The van der Waals surface area contributed by atoms with Crippen LogP contribution in [0.4, 0.5) is 8.78 Å². The zero-order valence-electron chi connectivity index (χ0n) is 6.59. The zero-order chi connectivity index (χ0) is 10.3. The summed E-state index contributed by atoms with van der Waals surface area (Å²) in [5.41, 5.74) is 0.297. The summed E-state index contributed by atoms with van der Waals surface area (Å²) in [7, 11) is 0. The molecule has 1 aliphatic rings. The number of carbonyl (C=O) groups is 1. The smallest absolute Gasteiger partial charge is 0.395 e. The molecule has 0 spiro atoms. The van der Waals surface area contributed by atoms with E-state index < -0.39 is 6.29 Å². The van der Waals surface area contributed by atoms with E-state index in [4.69, 9.17) is 0 Å². The van der Waals surface area contributed by atoms with Gasteiger partial charge >= 0.3 is 6.29 Å². The van der Waals surface area contributed by atoms with Crippen LogP contribution in [0.15, 0.2) is 18.2 Å². The number of carbonyl (C=O) groups excluding carboxylic acids is 1. The Kier molecular flexibility index (Phi) is 2.09. The molecule has 74 valence electrons. The monoisotopic (exact) mass is 312 g/mol. The van der Waals surface area contributed by atoms with Crippen LogP contribution in [0.2, 0.25) is 0 Å². The Balaban J connectivity index is 2.40. The molecule has 0 fully saturated rings. The molecule has 0 N–H and O–H groups in total. The predicted molar refractivity (Wildman–Crippen MR) is 51.0 cm³/mol. The van der Waals surface area contributed by atoms with Gasteiger partial charge in [0.05, 0.1) is 0 Å². The summed E-state index contributed by atoms with van der Waals surface area (Å²) in [5.74, 6) is -0.172. The molecule has 0 saturated heterocycles. The third-order valence-corrected chi connectivity index (χ3v) is 2.25. The Labute approximate surface area is 91.1 Å². The molecule has 1 aromatic rings. The van der Waals surface area contributed by atoms with Crippen molar-refractivity contribution >= 4 is 26.4 Å². The first-order valence-electron chi connectivity index (χ1n) is 3.58. The first-order valence-corrected chi connectivity index (χ1v) is 4.65. The molecule has 0 unspecified atom stereocenters. The summed E-state index contributed by atoms with van der Waals surface area (Å²) < 4.78 is 33.2. The lowest BCUT2D eigenvalue weighted by atomic mass is 10.2. The Bertz CT molecular complexity index is 406. The van der Waals surface area contributed by atoms with Crippen molar-refractivity contribution in [2.45, 2.75) is 6.29 Å². The SMILES string of the molecule is O=C(I)c1ccc2c(c1)OC(F)(F)O2. The molecule has 14 heavy (non-hydrogen) atoms. The van der Waals surface area contributed by atoms with Crippen LogP contribution in [-0.2, 0) is 0 Å². The average Bonchev–Trinajstić information content (AvgIpc) is 2.36. The molecular formula is C8H3F2IO3. The van der Waals surface area contributed by atoms with Gasteiger partial charge in [0.1, 0.15) is 0 Å². The number of benzene rings is 1. The van der Waals surface area contributed by atoms with Crippen molar-refractivity contribution in [3.05, 3.63) is 23.8 Å². The van der Waals surface area contributed by atoms with Gasteiger partial charge in [0.2, 0.25) is 3.79 Å². The van der Waals surface area contributed by atoms with Gasteiger partial charge in [0.25, 0.3) is 0 Å². The quantitative estimate of drug-likeness (QED) is 0.591. The first kappa shape index (κ1) is 9.63. The number of fused-ring (bicyclic) bond motifs is 1. The van der Waals surface area contributed by atoms with E-state index in [2.05, 4.69) is 9.47 Å². The lowest BCUT2D eigenvalue weighted by Crippen LogP contribution is -2.25. The third kappa shape index (κ3) is 1.66. The lowest BCUT2D eigenvalue weighted by molar-refractivity contribution is -0.286. The highest BCUT2D eigenvalue weighted by Gasteiger charge is 2.43. The molecule has 1 heterocycles. The van der Waals surface area contributed by atoms with E-state index in [1.54, 1.807) is 22.6 Å². The minimum absolute atomic E-state index is 0.0589. The van der Waals surface area contributed by atoms with Gasteiger partial charge in [0, 0.05) is 28.2 Å². The number of rotatable bonds is 1. The van der Waals surface area contributed by atoms with Crippen molar-refractivity contribution in [1.82, 2.24) is 0 Å². The van der Waals surface area contributed by atoms with Crippen LogP contribution >= 0.6 is 22.6 Å². The molecule has 0 radical (unpaired) electrons. The lowest BCUT2D eigenvalue weighted by Gasteiger charge is -2.04. The van der Waals surface area contributed by atoms with Crippen molar-refractivity contribution in [2.24, 2.45) is 0 Å². The van der Waals surface area contributed by atoms with Crippen molar-refractivity contribution in [2.75, 3.05) is 0 Å². The van der Waals surface area contributed by atoms with Crippen molar-refractivity contribution in [3.8, 4) is 11.5 Å². The summed E-state index contributed by atoms with van der Waals surface area (Å²) in [6.07, 6.45) is -3.63. The molecule has 2 rings (SSSR count). The van der Waals surface area contributed by atoms with E-state index in [0.717, 1.165) is 0 Å². The highest BCUT2D eigenvalue weighted by molar-refractivity contribution is 14.1. The van der Waals surface area contributed by atoms with Crippen LogP contribution < -0.4 is 9.47 Å². The fourth-order valence-corrected chi connectivity index (χ4v) is 1.41. The molecule has 6 heteroatoms. The summed E-state index contributed by atoms with van der Waals surface area (Å²) in [4.78, 5) is 10.9. The number of ether oxygens (including phenoxy) is 2. The van der Waals surface area contributed by atoms with E-state index in [1.165, 1.54) is 18.2 Å². The molecule has 0 bridgehead atoms. The van der Waals surface area contributed by atoms with Crippen molar-refractivity contribution in [1.29, 1.82) is 0 Å². The molecule has 0 amide bonds. The van der Waals surface area contributed by atoms with E-state index in [9.17, 15) is 13.6 Å². The van der Waals surface area contributed by atoms with Gasteiger partial charge in [-0.05, 0) is 18.2 Å². The maximum atomic E-state index is 12.5. The van der Waals surface area contributed by atoms with Gasteiger partial charge in [0.15, 0.2) is 11.5 Å². The van der Waals surface area contributed by atoms with Gasteiger partial charge in [-0.1, -0.05) is 0 Å². The van der Waals surface area contributed by atoms with Gasteiger partial charge in [-0.2, -0.15) is 0 Å². The van der Waals surface area contributed by atoms with Gasteiger partial charge in [-0.15, -0.1) is 8.78 Å². The van der Waals surface area contributed by atoms with Crippen LogP contribution in [0.3, 0.4) is 0 Å². The third-order valence-electron chi connectivity index (χ3n) is 1.63. The second kappa shape index (κ2) is 3.04. The fraction of sp³-hybridized carbons (Fsp3) is 0.125. The molecule has 0 atom stereocenters. The van der Waals surface area contributed by atoms with Crippen LogP contribution in [0.25, 0.3) is 0 Å². The van der Waals surface area contributed by atoms with Gasteiger partial charge < -0.3 is 9.47 Å². The zero-order valence-corrected chi connectivity index (χ0v) is 8.75. The Morgan fingerprint density at radius 1 is 1.29 bits per heavy atom. The standard InChI is InChI=1S/C8H3F2IO3/c9-8(10)13-5-2-1-4(7(11)12)3-6(5)14-8/h1-3H. The van der Waals surface area contributed by atoms with E-state index in [1.807, 2.05) is 0 Å². The van der Waals surface area contributed by atoms with Crippen molar-refractivity contribution in [3.63, 3.8) is 0 Å². The van der Waals surface area contributed by atoms with Crippen LogP contribution in [0, 0.1) is 0 Å². The second-order valence-corrected chi connectivity index (χ2v) is 3.58.